The summed E-state index contributed by atoms with van der Waals surface area (Å²) in [5.74, 6) is 6.02. The average Bonchev–Trinajstić information content (AvgIpc) is 2.70. The van der Waals surface area contributed by atoms with Crippen molar-refractivity contribution in [2.45, 2.75) is 50.6 Å². The van der Waals surface area contributed by atoms with E-state index < -0.39 is 5.97 Å². The first-order valence-electron chi connectivity index (χ1n) is 6.15. The van der Waals surface area contributed by atoms with E-state index in [1.807, 2.05) is 0 Å². The van der Waals surface area contributed by atoms with E-state index >= 15 is 0 Å². The van der Waals surface area contributed by atoms with Crippen LogP contribution in [0.25, 0.3) is 0 Å². The van der Waals surface area contributed by atoms with Gasteiger partial charge in [-0.1, -0.05) is 38.5 Å². The van der Waals surface area contributed by atoms with Crippen LogP contribution in [-0.4, -0.2) is 31.7 Å². The number of rotatable bonds is 8. The van der Waals surface area contributed by atoms with Crippen LogP contribution in [0.1, 0.15) is 51.3 Å². The molecule has 1 rings (SSSR count). The molecular formula is C11H20N4O2S. The molecule has 1 unspecified atom stereocenters. The van der Waals surface area contributed by atoms with Crippen LogP contribution in [0, 0.1) is 0 Å². The van der Waals surface area contributed by atoms with Crippen molar-refractivity contribution in [3.63, 3.8) is 0 Å². The third-order valence-corrected chi connectivity index (χ3v) is 3.71. The molecule has 1 aromatic heterocycles. The van der Waals surface area contributed by atoms with Crippen molar-refractivity contribution in [1.29, 1.82) is 0 Å². The minimum absolute atomic E-state index is 0.0545. The highest BCUT2D eigenvalue weighted by atomic mass is 32.2. The normalized spacial score (nSPS) is 12.6. The van der Waals surface area contributed by atoms with E-state index in [-0.39, 0.29) is 5.75 Å². The van der Waals surface area contributed by atoms with Crippen molar-refractivity contribution in [2.24, 2.45) is 0 Å². The van der Waals surface area contributed by atoms with E-state index in [1.165, 1.54) is 4.68 Å². The molecule has 0 aliphatic rings. The number of carboxylic acid groups (broad SMARTS) is 1. The van der Waals surface area contributed by atoms with Crippen molar-refractivity contribution in [1.82, 2.24) is 14.9 Å². The van der Waals surface area contributed by atoms with E-state index in [9.17, 15) is 4.79 Å². The molecule has 0 aliphatic heterocycles. The monoisotopic (exact) mass is 272 g/mol. The van der Waals surface area contributed by atoms with Crippen LogP contribution in [0.4, 0.5) is 0 Å². The van der Waals surface area contributed by atoms with E-state index in [2.05, 4.69) is 24.0 Å². The van der Waals surface area contributed by atoms with Gasteiger partial charge in [0.15, 0.2) is 5.82 Å². The van der Waals surface area contributed by atoms with Gasteiger partial charge in [-0.2, -0.15) is 0 Å². The van der Waals surface area contributed by atoms with Gasteiger partial charge < -0.3 is 10.9 Å². The van der Waals surface area contributed by atoms with Crippen LogP contribution >= 0.6 is 11.8 Å². The van der Waals surface area contributed by atoms with E-state index in [4.69, 9.17) is 10.9 Å². The summed E-state index contributed by atoms with van der Waals surface area (Å²) in [6, 6.07) is 0. The Morgan fingerprint density at radius 2 is 2.22 bits per heavy atom. The summed E-state index contributed by atoms with van der Waals surface area (Å²) in [7, 11) is 0. The SMILES string of the molecule is CCCCC(CC)c1nnc(SCC(=O)O)n1N. The van der Waals surface area contributed by atoms with E-state index in [0.717, 1.165) is 43.3 Å². The molecule has 0 aromatic carbocycles. The van der Waals surface area contributed by atoms with Crippen LogP contribution in [-0.2, 0) is 4.79 Å². The molecule has 0 saturated carbocycles. The second kappa shape index (κ2) is 7.25. The largest absolute Gasteiger partial charge is 0.481 e. The first-order chi connectivity index (χ1) is 8.60. The van der Waals surface area contributed by atoms with E-state index in [1.54, 1.807) is 0 Å². The van der Waals surface area contributed by atoms with Crippen molar-refractivity contribution in [3.05, 3.63) is 5.82 Å². The van der Waals surface area contributed by atoms with Crippen molar-refractivity contribution in [2.75, 3.05) is 11.6 Å². The van der Waals surface area contributed by atoms with Gasteiger partial charge in [0.2, 0.25) is 5.16 Å². The number of unbranched alkanes of at least 4 members (excludes halogenated alkanes) is 1. The number of aromatic nitrogens is 3. The zero-order valence-electron chi connectivity index (χ0n) is 10.8. The molecular weight excluding hydrogens is 252 g/mol. The Morgan fingerprint density at radius 3 is 2.78 bits per heavy atom. The molecule has 102 valence electrons. The van der Waals surface area contributed by atoms with Crippen LogP contribution < -0.4 is 5.84 Å². The lowest BCUT2D eigenvalue weighted by Gasteiger charge is -2.13. The molecule has 1 atom stereocenters. The quantitative estimate of drug-likeness (QED) is 0.554. The number of thioether (sulfide) groups is 1. The molecule has 0 amide bonds. The minimum atomic E-state index is -0.887. The lowest BCUT2D eigenvalue weighted by atomic mass is 9.99. The molecule has 1 heterocycles. The van der Waals surface area contributed by atoms with Gasteiger partial charge in [-0.25, -0.2) is 4.68 Å². The number of carboxylic acids is 1. The Balaban J connectivity index is 2.73. The fraction of sp³-hybridized carbons (Fsp3) is 0.727. The first kappa shape index (κ1) is 14.8. The van der Waals surface area contributed by atoms with Gasteiger partial charge in [0, 0.05) is 5.92 Å². The maximum Gasteiger partial charge on any atom is 0.313 e. The number of hydrogen-bond acceptors (Lipinski definition) is 5. The lowest BCUT2D eigenvalue weighted by Crippen LogP contribution is -2.17. The Bertz CT molecular complexity index is 394. The highest BCUT2D eigenvalue weighted by molar-refractivity contribution is 7.99. The Kier molecular flexibility index (Phi) is 5.97. The van der Waals surface area contributed by atoms with Crippen molar-refractivity contribution >= 4 is 17.7 Å². The van der Waals surface area contributed by atoms with Gasteiger partial charge in [-0.05, 0) is 12.8 Å². The number of nitrogen functional groups attached to an aromatic ring is 1. The predicted octanol–water partition coefficient (Wildman–Crippen LogP) is 1.85. The lowest BCUT2D eigenvalue weighted by molar-refractivity contribution is -0.133. The molecule has 0 bridgehead atoms. The zero-order valence-corrected chi connectivity index (χ0v) is 11.6. The molecule has 0 radical (unpaired) electrons. The van der Waals surface area contributed by atoms with Gasteiger partial charge >= 0.3 is 5.97 Å². The summed E-state index contributed by atoms with van der Waals surface area (Å²) in [6.07, 6.45) is 4.25. The standard InChI is InChI=1S/C11H20N4O2S/c1-3-5-6-8(4-2)10-13-14-11(15(10)12)18-7-9(16)17/h8H,3-7,12H2,1-2H3,(H,16,17). The van der Waals surface area contributed by atoms with Crippen molar-refractivity contribution < 1.29 is 9.90 Å². The van der Waals surface area contributed by atoms with Crippen LogP contribution in [0.3, 0.4) is 0 Å². The topological polar surface area (TPSA) is 94.0 Å². The smallest absolute Gasteiger partial charge is 0.313 e. The van der Waals surface area contributed by atoms with Gasteiger partial charge in [0.05, 0.1) is 5.75 Å². The zero-order chi connectivity index (χ0) is 13.5. The van der Waals surface area contributed by atoms with Crippen LogP contribution in [0.2, 0.25) is 0 Å². The maximum atomic E-state index is 10.5. The maximum absolute atomic E-state index is 10.5. The fourth-order valence-electron chi connectivity index (χ4n) is 1.76. The molecule has 0 spiro atoms. The molecule has 3 N–H and O–H groups in total. The molecule has 0 aliphatic carbocycles. The highest BCUT2D eigenvalue weighted by Crippen LogP contribution is 2.25. The molecule has 18 heavy (non-hydrogen) atoms. The van der Waals surface area contributed by atoms with Gasteiger partial charge in [-0.3, -0.25) is 4.79 Å². The van der Waals surface area contributed by atoms with Crippen LogP contribution in [0.5, 0.6) is 0 Å². The summed E-state index contributed by atoms with van der Waals surface area (Å²) in [4.78, 5) is 10.5. The minimum Gasteiger partial charge on any atom is -0.481 e. The molecule has 7 heteroatoms. The van der Waals surface area contributed by atoms with Gasteiger partial charge in [-0.15, -0.1) is 10.2 Å². The Morgan fingerprint density at radius 1 is 1.50 bits per heavy atom. The number of aliphatic carboxylic acids is 1. The number of carbonyl (C=O) groups is 1. The third-order valence-electron chi connectivity index (χ3n) is 2.78. The number of nitrogens with zero attached hydrogens (tertiary/aromatic N) is 3. The summed E-state index contributed by atoms with van der Waals surface area (Å²) in [5.41, 5.74) is 0. The summed E-state index contributed by atoms with van der Waals surface area (Å²) >= 11 is 1.09. The second-order valence-electron chi connectivity index (χ2n) is 4.14. The summed E-state index contributed by atoms with van der Waals surface area (Å²) in [5, 5.41) is 17.1. The van der Waals surface area contributed by atoms with Crippen molar-refractivity contribution in [3.8, 4) is 0 Å². The summed E-state index contributed by atoms with van der Waals surface area (Å²) in [6.45, 7) is 4.24. The first-order valence-corrected chi connectivity index (χ1v) is 7.13. The highest BCUT2D eigenvalue weighted by Gasteiger charge is 2.18. The predicted molar refractivity (Wildman–Crippen MR) is 71.1 cm³/mol. The summed E-state index contributed by atoms with van der Waals surface area (Å²) < 4.78 is 1.43. The third kappa shape index (κ3) is 3.90. The van der Waals surface area contributed by atoms with Gasteiger partial charge in [0.1, 0.15) is 0 Å². The Labute approximate surface area is 111 Å². The molecule has 0 saturated heterocycles. The van der Waals surface area contributed by atoms with Gasteiger partial charge in [0.25, 0.3) is 0 Å². The molecule has 0 fully saturated rings. The Hall–Kier alpha value is -1.24. The number of nitrogens with two attached hydrogens (primary N) is 1. The fourth-order valence-corrected chi connectivity index (χ4v) is 2.34. The average molecular weight is 272 g/mol. The van der Waals surface area contributed by atoms with Crippen LogP contribution in [0.15, 0.2) is 5.16 Å². The molecule has 1 aromatic rings. The number of hydrogen-bond donors (Lipinski definition) is 2. The second-order valence-corrected chi connectivity index (χ2v) is 5.08. The molecule has 6 nitrogen and oxygen atoms in total. The van der Waals surface area contributed by atoms with E-state index in [0.29, 0.717) is 11.1 Å².